The lowest BCUT2D eigenvalue weighted by molar-refractivity contribution is -0.150. The van der Waals surface area contributed by atoms with Crippen LogP contribution in [0.15, 0.2) is 40.1 Å². The van der Waals surface area contributed by atoms with Gasteiger partial charge in [0.15, 0.2) is 0 Å². The van der Waals surface area contributed by atoms with Gasteiger partial charge in [-0.15, -0.1) is 0 Å². The Balaban J connectivity index is 1.21. The van der Waals surface area contributed by atoms with Crippen LogP contribution in [-0.4, -0.2) is 62.8 Å². The molecular formula is C25H25N5O6. The minimum absolute atomic E-state index is 0.0771. The molecule has 0 aliphatic carbocycles. The second kappa shape index (κ2) is 8.98. The molecule has 1 N–H and O–H groups in total. The zero-order chi connectivity index (χ0) is 24.8. The standard InChI is InChI=1S/C25H25N5O6/c31-19-9-8-17(23(32)26-19)30-24(33)16-6-2-10-29(21(16)25(30)34)13-20-27-22(28-36-20)15-5-1-4-14(12-15)18-7-3-11-35-18/h1,4-5,12,17-18H,2-3,6-11,13H2,(H,26,31,32). The summed E-state index contributed by atoms with van der Waals surface area (Å²) >= 11 is 0. The molecule has 2 aromatic rings. The van der Waals surface area contributed by atoms with Gasteiger partial charge in [0.2, 0.25) is 23.5 Å². The molecule has 4 aliphatic rings. The SMILES string of the molecule is O=C1CCC(N2C(=O)C3=C(C2=O)N(Cc2nc(-c4cccc(C5CCCO5)c4)no2)CCC3)C(=O)N1. The highest BCUT2D eigenvalue weighted by Gasteiger charge is 2.48. The number of hydrogen-bond donors (Lipinski definition) is 1. The van der Waals surface area contributed by atoms with Crippen molar-refractivity contribution < 1.29 is 28.4 Å². The molecule has 2 atom stereocenters. The van der Waals surface area contributed by atoms with Gasteiger partial charge >= 0.3 is 0 Å². The summed E-state index contributed by atoms with van der Waals surface area (Å²) in [6.07, 6.45) is 3.43. The van der Waals surface area contributed by atoms with Crippen LogP contribution in [0.5, 0.6) is 0 Å². The molecule has 6 rings (SSSR count). The van der Waals surface area contributed by atoms with Crippen molar-refractivity contribution in [2.75, 3.05) is 13.2 Å². The molecule has 2 unspecified atom stereocenters. The molecule has 0 bridgehead atoms. The number of carbonyl (C=O) groups is 4. The minimum Gasteiger partial charge on any atom is -0.374 e. The summed E-state index contributed by atoms with van der Waals surface area (Å²) in [6, 6.07) is 6.89. The molecule has 2 saturated heterocycles. The number of nitrogens with one attached hydrogen (secondary N) is 1. The van der Waals surface area contributed by atoms with Gasteiger partial charge in [-0.2, -0.15) is 4.98 Å². The number of benzene rings is 1. The van der Waals surface area contributed by atoms with Gasteiger partial charge in [-0.25, -0.2) is 0 Å². The topological polar surface area (TPSA) is 135 Å². The first-order chi connectivity index (χ1) is 17.5. The van der Waals surface area contributed by atoms with E-state index in [4.69, 9.17) is 9.26 Å². The Hall–Kier alpha value is -3.86. The number of amides is 4. The highest BCUT2D eigenvalue weighted by molar-refractivity contribution is 6.21. The molecule has 36 heavy (non-hydrogen) atoms. The number of nitrogens with zero attached hydrogens (tertiary/aromatic N) is 4. The first kappa shape index (κ1) is 22.6. The van der Waals surface area contributed by atoms with Gasteiger partial charge in [-0.1, -0.05) is 23.4 Å². The normalized spacial score (nSPS) is 24.6. The summed E-state index contributed by atoms with van der Waals surface area (Å²) < 4.78 is 11.3. The average molecular weight is 492 g/mol. The van der Waals surface area contributed by atoms with E-state index in [1.54, 1.807) is 4.90 Å². The molecule has 186 valence electrons. The van der Waals surface area contributed by atoms with Crippen LogP contribution in [0.1, 0.15) is 56.1 Å². The molecule has 0 radical (unpaired) electrons. The van der Waals surface area contributed by atoms with Crippen molar-refractivity contribution in [3.63, 3.8) is 0 Å². The van der Waals surface area contributed by atoms with Gasteiger partial charge in [-0.05, 0) is 43.7 Å². The van der Waals surface area contributed by atoms with Crippen LogP contribution < -0.4 is 5.32 Å². The number of hydrogen-bond acceptors (Lipinski definition) is 9. The van der Waals surface area contributed by atoms with Crippen molar-refractivity contribution >= 4 is 23.6 Å². The van der Waals surface area contributed by atoms with E-state index in [2.05, 4.69) is 15.5 Å². The Morgan fingerprint density at radius 1 is 1.06 bits per heavy atom. The molecule has 11 nitrogen and oxygen atoms in total. The minimum atomic E-state index is -0.985. The van der Waals surface area contributed by atoms with Gasteiger partial charge in [0.05, 0.1) is 12.6 Å². The van der Waals surface area contributed by atoms with Crippen LogP contribution in [0.4, 0.5) is 0 Å². The van der Waals surface area contributed by atoms with Crippen LogP contribution in [0.25, 0.3) is 11.4 Å². The molecular weight excluding hydrogens is 466 g/mol. The number of piperidine rings is 1. The van der Waals surface area contributed by atoms with E-state index in [-0.39, 0.29) is 31.2 Å². The second-order valence-corrected chi connectivity index (χ2v) is 9.44. The van der Waals surface area contributed by atoms with Crippen LogP contribution in [0.2, 0.25) is 0 Å². The quantitative estimate of drug-likeness (QED) is 0.619. The largest absolute Gasteiger partial charge is 0.374 e. The van der Waals surface area contributed by atoms with E-state index in [0.29, 0.717) is 36.7 Å². The number of aromatic nitrogens is 2. The maximum absolute atomic E-state index is 13.3. The molecule has 0 spiro atoms. The monoisotopic (exact) mass is 491 g/mol. The Morgan fingerprint density at radius 3 is 2.75 bits per heavy atom. The maximum Gasteiger partial charge on any atom is 0.278 e. The third-order valence-corrected chi connectivity index (χ3v) is 7.12. The fraction of sp³-hybridized carbons (Fsp3) is 0.440. The molecule has 4 amide bonds. The van der Waals surface area contributed by atoms with Crippen molar-refractivity contribution in [1.29, 1.82) is 0 Å². The first-order valence-corrected chi connectivity index (χ1v) is 12.2. The summed E-state index contributed by atoms with van der Waals surface area (Å²) in [5.41, 5.74) is 2.55. The van der Waals surface area contributed by atoms with Crippen LogP contribution in [0.3, 0.4) is 0 Å². The van der Waals surface area contributed by atoms with Gasteiger partial charge in [0.1, 0.15) is 11.7 Å². The Kier molecular flexibility index (Phi) is 5.63. The zero-order valence-electron chi connectivity index (χ0n) is 19.6. The Morgan fingerprint density at radius 2 is 1.94 bits per heavy atom. The number of rotatable bonds is 5. The molecule has 1 aromatic heterocycles. The predicted molar refractivity (Wildman–Crippen MR) is 122 cm³/mol. The van der Waals surface area contributed by atoms with Gasteiger partial charge in [0, 0.05) is 30.7 Å². The fourth-order valence-electron chi connectivity index (χ4n) is 5.38. The Labute approximate surface area is 206 Å². The molecule has 11 heteroatoms. The molecule has 5 heterocycles. The molecule has 0 saturated carbocycles. The maximum atomic E-state index is 13.3. The third-order valence-electron chi connectivity index (χ3n) is 7.12. The third kappa shape index (κ3) is 3.89. The molecule has 2 fully saturated rings. The number of imide groups is 2. The average Bonchev–Trinajstić information content (AvgIpc) is 3.62. The van der Waals surface area contributed by atoms with Gasteiger partial charge in [-0.3, -0.25) is 29.4 Å². The van der Waals surface area contributed by atoms with Gasteiger partial charge < -0.3 is 14.2 Å². The van der Waals surface area contributed by atoms with Crippen LogP contribution in [0, 0.1) is 0 Å². The summed E-state index contributed by atoms with van der Waals surface area (Å²) in [6.45, 7) is 1.46. The van der Waals surface area contributed by atoms with E-state index in [0.717, 1.165) is 35.5 Å². The van der Waals surface area contributed by atoms with Crippen molar-refractivity contribution in [3.05, 3.63) is 47.0 Å². The highest BCUT2D eigenvalue weighted by atomic mass is 16.5. The van der Waals surface area contributed by atoms with E-state index < -0.39 is 29.7 Å². The highest BCUT2D eigenvalue weighted by Crippen LogP contribution is 2.35. The first-order valence-electron chi connectivity index (χ1n) is 12.2. The zero-order valence-corrected chi connectivity index (χ0v) is 19.6. The van der Waals surface area contributed by atoms with Crippen LogP contribution in [-0.2, 0) is 30.5 Å². The van der Waals surface area contributed by atoms with E-state index >= 15 is 0 Å². The van der Waals surface area contributed by atoms with E-state index in [1.165, 1.54) is 0 Å². The lowest BCUT2D eigenvalue weighted by Crippen LogP contribution is -2.55. The lowest BCUT2D eigenvalue weighted by atomic mass is 10.0. The molecule has 1 aromatic carbocycles. The van der Waals surface area contributed by atoms with E-state index in [9.17, 15) is 19.2 Å². The number of ether oxygens (including phenoxy) is 1. The lowest BCUT2D eigenvalue weighted by Gasteiger charge is -2.29. The number of carbonyl (C=O) groups excluding carboxylic acids is 4. The van der Waals surface area contributed by atoms with Crippen molar-refractivity contribution in [3.8, 4) is 11.4 Å². The second-order valence-electron chi connectivity index (χ2n) is 9.44. The summed E-state index contributed by atoms with van der Waals surface area (Å²) in [5, 5.41) is 6.35. The van der Waals surface area contributed by atoms with Crippen LogP contribution >= 0.6 is 0 Å². The summed E-state index contributed by atoms with van der Waals surface area (Å²) in [4.78, 5) is 57.6. The van der Waals surface area contributed by atoms with Crippen molar-refractivity contribution in [1.82, 2.24) is 25.3 Å². The fourth-order valence-corrected chi connectivity index (χ4v) is 5.38. The van der Waals surface area contributed by atoms with E-state index in [1.807, 2.05) is 24.3 Å². The van der Waals surface area contributed by atoms with Crippen molar-refractivity contribution in [2.45, 2.75) is 57.2 Å². The van der Waals surface area contributed by atoms with Gasteiger partial charge in [0.25, 0.3) is 11.8 Å². The summed E-state index contributed by atoms with van der Waals surface area (Å²) in [7, 11) is 0. The predicted octanol–water partition coefficient (Wildman–Crippen LogP) is 1.61. The Bertz CT molecular complexity index is 1290. The summed E-state index contributed by atoms with van der Waals surface area (Å²) in [5.74, 6) is -1.25. The molecule has 4 aliphatic heterocycles. The smallest absolute Gasteiger partial charge is 0.278 e. The van der Waals surface area contributed by atoms with Crippen molar-refractivity contribution in [2.24, 2.45) is 0 Å².